The molecule has 39 heavy (non-hydrogen) atoms. The van der Waals surface area contributed by atoms with Gasteiger partial charge in [-0.15, -0.1) is 66.5 Å². The molecule has 0 aliphatic rings. The third kappa shape index (κ3) is 13.2. The largest absolute Gasteiger partial charge is 0.460 e. The summed E-state index contributed by atoms with van der Waals surface area (Å²) in [5.41, 5.74) is 0. The highest BCUT2D eigenvalue weighted by Gasteiger charge is 2.90. The minimum Gasteiger partial charge on any atom is -0.200 e. The van der Waals surface area contributed by atoms with Gasteiger partial charge in [-0.2, -0.15) is 57.1 Å². The number of hydrogen-bond donors (Lipinski definition) is 0. The monoisotopic (exact) mass is 754 g/mol. The Hall–Kier alpha value is 1.26. The van der Waals surface area contributed by atoms with Gasteiger partial charge in [-0.1, -0.05) is 58.3 Å². The van der Waals surface area contributed by atoms with Crippen LogP contribution in [0.1, 0.15) is 64.7 Å². The number of hydrogen-bond acceptors (Lipinski definition) is 0. The Kier molecular flexibility index (Phi) is 17.2. The Morgan fingerprint density at radius 3 is 1.10 bits per heavy atom. The molecule has 238 valence electrons. The fraction of sp³-hybridized carbons (Fsp3) is 1.00. The van der Waals surface area contributed by atoms with Gasteiger partial charge in [0.15, 0.2) is 0 Å². The van der Waals surface area contributed by atoms with Gasteiger partial charge in [-0.3, -0.25) is 0 Å². The van der Waals surface area contributed by atoms with Crippen LogP contribution >= 0.6 is 66.5 Å². The molecular formula is C18H25Cl6F13Si2. The van der Waals surface area contributed by atoms with Gasteiger partial charge < -0.3 is 0 Å². The van der Waals surface area contributed by atoms with Crippen LogP contribution in [0.15, 0.2) is 0 Å². The lowest BCUT2D eigenvalue weighted by Crippen LogP contribution is -2.70. The van der Waals surface area contributed by atoms with E-state index in [0.29, 0.717) is 0 Å². The fourth-order valence-corrected chi connectivity index (χ4v) is 6.02. The average Bonchev–Trinajstić information content (AvgIpc) is 2.72. The predicted octanol–water partition coefficient (Wildman–Crippen LogP) is 12.6. The number of rotatable bonds is 16. The van der Waals surface area contributed by atoms with Crippen molar-refractivity contribution in [1.29, 1.82) is 0 Å². The Morgan fingerprint density at radius 2 is 0.769 bits per heavy atom. The van der Waals surface area contributed by atoms with Crippen molar-refractivity contribution >= 4 is 78.5 Å². The molecule has 0 amide bonds. The zero-order valence-corrected chi connectivity index (χ0v) is 26.5. The second kappa shape index (κ2) is 15.8. The maximum absolute atomic E-state index is 13.2. The summed E-state index contributed by atoms with van der Waals surface area (Å²) in [7, 11) is 0. The molecule has 0 rings (SSSR count). The van der Waals surface area contributed by atoms with E-state index in [4.69, 9.17) is 66.5 Å². The molecule has 0 aliphatic carbocycles. The molecule has 0 saturated carbocycles. The van der Waals surface area contributed by atoms with Crippen LogP contribution in [0.2, 0.25) is 12.1 Å². The summed E-state index contributed by atoms with van der Waals surface area (Å²) in [4.78, 5) is 0. The summed E-state index contributed by atoms with van der Waals surface area (Å²) in [5, 5.41) is 0. The molecular weight excluding hydrogens is 732 g/mol. The van der Waals surface area contributed by atoms with Crippen molar-refractivity contribution < 1.29 is 57.1 Å². The van der Waals surface area contributed by atoms with E-state index in [2.05, 4.69) is 6.92 Å². The molecule has 0 fully saturated rings. The molecule has 0 N–H and O–H groups in total. The number of alkyl halides is 13. The van der Waals surface area contributed by atoms with Gasteiger partial charge in [0, 0.05) is 6.42 Å². The van der Waals surface area contributed by atoms with Crippen LogP contribution in [0.5, 0.6) is 0 Å². The lowest BCUT2D eigenvalue weighted by Gasteiger charge is -2.39. The SMILES string of the molecule is CCCCCCCCCC[Si](Cl)(Cl)Cl.FC(F)(F)C(F)(F)C(F)(F)C(F)(F)C(F)(F)C(F)(F)CC[Si](Cl)(Cl)Cl. The summed E-state index contributed by atoms with van der Waals surface area (Å²) < 4.78 is 165. The molecule has 0 aromatic carbocycles. The van der Waals surface area contributed by atoms with E-state index in [-0.39, 0.29) is 0 Å². The standard InChI is InChI=1S/C10H21Cl3Si.C8H4Cl3F13Si/c1-2-3-4-5-6-7-8-9-10-14(11,12)13;9-25(10,11)2-1-3(12,13)4(14,15)5(16,17)6(18,19)7(20,21)8(22,23)24/h2-10H2,1H3;1-2H2. The van der Waals surface area contributed by atoms with Crippen molar-refractivity contribution in [2.24, 2.45) is 0 Å². The summed E-state index contributed by atoms with van der Waals surface area (Å²) in [6.07, 6.45) is 0.514. The molecule has 0 radical (unpaired) electrons. The minimum absolute atomic E-state index is 0.826. The number of unbranched alkanes of at least 4 members (excludes halogenated alkanes) is 7. The second-order valence-electron chi connectivity index (χ2n) is 8.46. The molecule has 0 spiro atoms. The maximum Gasteiger partial charge on any atom is 0.460 e. The molecule has 0 aromatic rings. The van der Waals surface area contributed by atoms with E-state index in [9.17, 15) is 57.1 Å². The van der Waals surface area contributed by atoms with Crippen LogP contribution in [0, 0.1) is 0 Å². The van der Waals surface area contributed by atoms with Crippen LogP contribution in [-0.2, 0) is 0 Å². The molecule has 0 aromatic heterocycles. The summed E-state index contributed by atoms with van der Waals surface area (Å²) in [6, 6.07) is -7.17. The van der Waals surface area contributed by atoms with Crippen molar-refractivity contribution in [3.8, 4) is 0 Å². The second-order valence-corrected chi connectivity index (χ2v) is 27.0. The van der Waals surface area contributed by atoms with Crippen molar-refractivity contribution in [1.82, 2.24) is 0 Å². The molecule has 0 bridgehead atoms. The lowest BCUT2D eigenvalue weighted by molar-refractivity contribution is -0.439. The fourth-order valence-electron chi connectivity index (χ4n) is 2.72. The van der Waals surface area contributed by atoms with Crippen LogP contribution in [0.4, 0.5) is 57.1 Å². The topological polar surface area (TPSA) is 0 Å². The lowest BCUT2D eigenvalue weighted by atomic mass is 9.93. The first-order valence-electron chi connectivity index (χ1n) is 11.1. The molecule has 21 heteroatoms. The predicted molar refractivity (Wildman–Crippen MR) is 134 cm³/mol. The van der Waals surface area contributed by atoms with Crippen molar-refractivity contribution in [3.63, 3.8) is 0 Å². The molecule has 0 heterocycles. The summed E-state index contributed by atoms with van der Waals surface area (Å²) >= 11 is 32.4. The third-order valence-corrected chi connectivity index (χ3v) is 10.2. The first-order valence-corrected chi connectivity index (χ1v) is 21.6. The molecule has 0 aliphatic heterocycles. The summed E-state index contributed by atoms with van der Waals surface area (Å²) in [5.74, 6) is -37.0. The first kappa shape index (κ1) is 42.4. The molecule has 0 saturated heterocycles. The highest BCUT2D eigenvalue weighted by Crippen LogP contribution is 2.61. The van der Waals surface area contributed by atoms with Crippen LogP contribution in [-0.4, -0.2) is 47.8 Å². The van der Waals surface area contributed by atoms with Crippen LogP contribution in [0.3, 0.4) is 0 Å². The van der Waals surface area contributed by atoms with Gasteiger partial charge >= 0.3 is 47.8 Å². The van der Waals surface area contributed by atoms with Gasteiger partial charge in [0.25, 0.3) is 0 Å². The van der Waals surface area contributed by atoms with Crippen molar-refractivity contribution in [2.75, 3.05) is 0 Å². The molecule has 0 nitrogen and oxygen atoms in total. The first-order chi connectivity index (χ1) is 17.0. The quantitative estimate of drug-likeness (QED) is 0.0637. The zero-order valence-electron chi connectivity index (χ0n) is 20.0. The Morgan fingerprint density at radius 1 is 0.436 bits per heavy atom. The van der Waals surface area contributed by atoms with Crippen LogP contribution < -0.4 is 0 Å². The van der Waals surface area contributed by atoms with Gasteiger partial charge in [-0.25, -0.2) is 0 Å². The van der Waals surface area contributed by atoms with E-state index in [1.165, 1.54) is 44.9 Å². The van der Waals surface area contributed by atoms with E-state index >= 15 is 0 Å². The van der Waals surface area contributed by atoms with Gasteiger partial charge in [0.2, 0.25) is 0 Å². The van der Waals surface area contributed by atoms with E-state index in [1.54, 1.807) is 0 Å². The smallest absolute Gasteiger partial charge is 0.200 e. The molecule has 0 atom stereocenters. The van der Waals surface area contributed by atoms with E-state index < -0.39 is 60.3 Å². The van der Waals surface area contributed by atoms with Crippen molar-refractivity contribution in [2.45, 2.75) is 113 Å². The molecule has 0 unspecified atom stereocenters. The van der Waals surface area contributed by atoms with Gasteiger partial charge in [0.1, 0.15) is 0 Å². The summed E-state index contributed by atoms with van der Waals surface area (Å²) in [6.45, 7) is 2.24. The Labute approximate surface area is 247 Å². The normalized spacial score (nSPS) is 14.8. The average molecular weight is 757 g/mol. The zero-order chi connectivity index (χ0) is 31.8. The third-order valence-electron chi connectivity index (χ3n) is 5.03. The van der Waals surface area contributed by atoms with Gasteiger partial charge in [0.05, 0.1) is 0 Å². The highest BCUT2D eigenvalue weighted by molar-refractivity contribution is 7.65. The minimum atomic E-state index is -7.91. The maximum atomic E-state index is 13.2. The highest BCUT2D eigenvalue weighted by atomic mass is 35.8. The van der Waals surface area contributed by atoms with Gasteiger partial charge in [-0.05, 0) is 12.1 Å². The Balaban J connectivity index is 0. The van der Waals surface area contributed by atoms with Crippen molar-refractivity contribution in [3.05, 3.63) is 0 Å². The Bertz CT molecular complexity index is 711. The van der Waals surface area contributed by atoms with E-state index in [0.717, 1.165) is 12.5 Å². The van der Waals surface area contributed by atoms with Crippen LogP contribution in [0.25, 0.3) is 0 Å². The number of halogens is 19. The van der Waals surface area contributed by atoms with E-state index in [1.807, 2.05) is 0 Å².